The lowest BCUT2D eigenvalue weighted by atomic mass is 10.1. The summed E-state index contributed by atoms with van der Waals surface area (Å²) in [6, 6.07) is 13.1. The number of sulfone groups is 1. The number of hydrogen-bond acceptors (Lipinski definition) is 4. The first-order valence-corrected chi connectivity index (χ1v) is 12.8. The topological polar surface area (TPSA) is 80.3 Å². The van der Waals surface area contributed by atoms with Gasteiger partial charge in [-0.05, 0) is 73.0 Å². The molecule has 3 rings (SSSR count). The maximum atomic E-state index is 13.1. The minimum atomic E-state index is -4.02. The number of nitrogens with one attached hydrogen (secondary N) is 1. The quantitative estimate of drug-likeness (QED) is 0.471. The van der Waals surface area contributed by atoms with E-state index in [0.717, 1.165) is 35.9 Å². The average Bonchev–Trinajstić information content (AvgIpc) is 2.70. The molecule has 0 aliphatic heterocycles. The maximum absolute atomic E-state index is 13.1. The monoisotopic (exact) mass is 501 g/mol. The van der Waals surface area contributed by atoms with E-state index in [9.17, 15) is 21.2 Å². The molecule has 0 saturated heterocycles. The van der Waals surface area contributed by atoms with Crippen molar-refractivity contribution in [2.75, 3.05) is 6.54 Å². The molecule has 0 saturated carbocycles. The standard InChI is InChI=1S/C21H18Cl2FNO4S2/c1-14-2-7-19(30(26,27)18-8-5-17(24)6-9-18)13-21(14)31(28,29)25-11-10-15-3-4-16(22)12-20(15)23/h2-9,12-13,25H,10-11H2,1H3. The van der Waals surface area contributed by atoms with Crippen LogP contribution >= 0.6 is 23.2 Å². The molecule has 3 aromatic rings. The second-order valence-electron chi connectivity index (χ2n) is 6.77. The number of rotatable bonds is 7. The van der Waals surface area contributed by atoms with E-state index in [2.05, 4.69) is 4.72 Å². The molecule has 3 aromatic carbocycles. The van der Waals surface area contributed by atoms with Crippen LogP contribution in [0.25, 0.3) is 0 Å². The van der Waals surface area contributed by atoms with Crippen LogP contribution in [0.4, 0.5) is 4.39 Å². The van der Waals surface area contributed by atoms with Gasteiger partial charge in [-0.25, -0.2) is 25.9 Å². The van der Waals surface area contributed by atoms with Crippen molar-refractivity contribution < 1.29 is 21.2 Å². The molecule has 5 nitrogen and oxygen atoms in total. The van der Waals surface area contributed by atoms with Crippen LogP contribution in [0, 0.1) is 12.7 Å². The third-order valence-electron chi connectivity index (χ3n) is 4.58. The lowest BCUT2D eigenvalue weighted by Crippen LogP contribution is -2.27. The Kier molecular flexibility index (Phi) is 7.08. The molecule has 0 atom stereocenters. The van der Waals surface area contributed by atoms with E-state index >= 15 is 0 Å². The lowest BCUT2D eigenvalue weighted by molar-refractivity contribution is 0.580. The molecule has 0 amide bonds. The largest absolute Gasteiger partial charge is 0.240 e. The van der Waals surface area contributed by atoms with Gasteiger partial charge in [-0.3, -0.25) is 0 Å². The predicted octanol–water partition coefficient (Wildman–Crippen LogP) is 4.79. The molecule has 0 radical (unpaired) electrons. The fourth-order valence-corrected chi connectivity index (χ4v) is 6.07. The Morgan fingerprint density at radius 3 is 2.16 bits per heavy atom. The van der Waals surface area contributed by atoms with Crippen LogP contribution in [0.3, 0.4) is 0 Å². The Morgan fingerprint density at radius 1 is 0.871 bits per heavy atom. The Morgan fingerprint density at radius 2 is 1.52 bits per heavy atom. The minimum Gasteiger partial charge on any atom is -0.219 e. The van der Waals surface area contributed by atoms with Crippen molar-refractivity contribution in [2.24, 2.45) is 0 Å². The fourth-order valence-electron chi connectivity index (χ4n) is 2.91. The normalized spacial score (nSPS) is 12.1. The lowest BCUT2D eigenvalue weighted by Gasteiger charge is -2.12. The number of benzene rings is 3. The van der Waals surface area contributed by atoms with Gasteiger partial charge in [0.2, 0.25) is 19.9 Å². The van der Waals surface area contributed by atoms with Crippen molar-refractivity contribution in [1.29, 1.82) is 0 Å². The molecule has 10 heteroatoms. The first-order valence-electron chi connectivity index (χ1n) is 9.05. The molecular formula is C21H18Cl2FNO4S2. The van der Waals surface area contributed by atoms with E-state index in [4.69, 9.17) is 23.2 Å². The van der Waals surface area contributed by atoms with Gasteiger partial charge in [0.1, 0.15) is 5.82 Å². The summed E-state index contributed by atoms with van der Waals surface area (Å²) < 4.78 is 66.9. The zero-order valence-electron chi connectivity index (χ0n) is 16.3. The van der Waals surface area contributed by atoms with E-state index in [1.54, 1.807) is 25.1 Å². The Labute approximate surface area is 190 Å². The van der Waals surface area contributed by atoms with E-state index in [0.29, 0.717) is 22.0 Å². The summed E-state index contributed by atoms with van der Waals surface area (Å²) in [7, 11) is -8.01. The third kappa shape index (κ3) is 5.45. The highest BCUT2D eigenvalue weighted by atomic mass is 35.5. The van der Waals surface area contributed by atoms with Crippen LogP contribution in [-0.4, -0.2) is 23.4 Å². The van der Waals surface area contributed by atoms with Crippen molar-refractivity contribution in [3.8, 4) is 0 Å². The second kappa shape index (κ2) is 9.26. The van der Waals surface area contributed by atoms with Gasteiger partial charge in [0, 0.05) is 16.6 Å². The van der Waals surface area contributed by atoms with Crippen LogP contribution < -0.4 is 4.72 Å². The van der Waals surface area contributed by atoms with Crippen molar-refractivity contribution in [2.45, 2.75) is 28.0 Å². The summed E-state index contributed by atoms with van der Waals surface area (Å²) >= 11 is 12.0. The molecule has 0 heterocycles. The number of sulfonamides is 1. The van der Waals surface area contributed by atoms with Gasteiger partial charge < -0.3 is 0 Å². The van der Waals surface area contributed by atoms with Gasteiger partial charge >= 0.3 is 0 Å². The van der Waals surface area contributed by atoms with Crippen molar-refractivity contribution in [3.05, 3.63) is 87.7 Å². The smallest absolute Gasteiger partial charge is 0.219 e. The molecule has 164 valence electrons. The number of hydrogen-bond donors (Lipinski definition) is 1. The van der Waals surface area contributed by atoms with Crippen molar-refractivity contribution in [1.82, 2.24) is 4.72 Å². The predicted molar refractivity (Wildman–Crippen MR) is 118 cm³/mol. The second-order valence-corrected chi connectivity index (χ2v) is 11.3. The highest BCUT2D eigenvalue weighted by Gasteiger charge is 2.23. The minimum absolute atomic E-state index is 0.0536. The van der Waals surface area contributed by atoms with Crippen LogP contribution in [0.15, 0.2) is 75.4 Å². The maximum Gasteiger partial charge on any atom is 0.240 e. The van der Waals surface area contributed by atoms with Crippen LogP contribution in [0.5, 0.6) is 0 Å². The summed E-state index contributed by atoms with van der Waals surface area (Å²) in [5.74, 6) is -0.573. The SMILES string of the molecule is Cc1ccc(S(=O)(=O)c2ccc(F)cc2)cc1S(=O)(=O)NCCc1ccc(Cl)cc1Cl. The molecule has 0 unspecified atom stereocenters. The molecule has 0 aliphatic rings. The average molecular weight is 502 g/mol. The summed E-state index contributed by atoms with van der Waals surface area (Å²) in [5, 5.41) is 0.902. The van der Waals surface area contributed by atoms with Crippen LogP contribution in [-0.2, 0) is 26.3 Å². The molecule has 0 spiro atoms. The van der Waals surface area contributed by atoms with E-state index < -0.39 is 25.7 Å². The number of aryl methyl sites for hydroxylation is 1. The van der Waals surface area contributed by atoms with Gasteiger partial charge in [-0.15, -0.1) is 0 Å². The van der Waals surface area contributed by atoms with Gasteiger partial charge in [0.05, 0.1) is 14.7 Å². The molecule has 0 aromatic heterocycles. The molecule has 0 bridgehead atoms. The zero-order valence-corrected chi connectivity index (χ0v) is 19.4. The molecule has 31 heavy (non-hydrogen) atoms. The molecule has 0 aliphatic carbocycles. The van der Waals surface area contributed by atoms with Crippen LogP contribution in [0.2, 0.25) is 10.0 Å². The van der Waals surface area contributed by atoms with Crippen LogP contribution in [0.1, 0.15) is 11.1 Å². The van der Waals surface area contributed by atoms with Gasteiger partial charge in [0.25, 0.3) is 0 Å². The first kappa shape index (κ1) is 23.7. The molecule has 1 N–H and O–H groups in total. The first-order chi connectivity index (χ1) is 14.5. The summed E-state index contributed by atoms with van der Waals surface area (Å²) in [5.41, 5.74) is 1.10. The zero-order chi connectivity index (χ0) is 22.8. The molecule has 0 fully saturated rings. The highest BCUT2D eigenvalue weighted by molar-refractivity contribution is 7.91. The summed E-state index contributed by atoms with van der Waals surface area (Å²) in [4.78, 5) is -0.491. The fraction of sp³-hybridized carbons (Fsp3) is 0.143. The summed E-state index contributed by atoms with van der Waals surface area (Å²) in [6.45, 7) is 1.62. The Hall–Kier alpha value is -1.97. The molecular weight excluding hydrogens is 484 g/mol. The van der Waals surface area contributed by atoms with Gasteiger partial charge in [-0.1, -0.05) is 35.3 Å². The van der Waals surface area contributed by atoms with Gasteiger partial charge in [-0.2, -0.15) is 0 Å². The van der Waals surface area contributed by atoms with E-state index in [1.807, 2.05) is 0 Å². The third-order valence-corrected chi connectivity index (χ3v) is 8.54. The highest BCUT2D eigenvalue weighted by Crippen LogP contribution is 2.26. The Balaban J connectivity index is 1.85. The van der Waals surface area contributed by atoms with Gasteiger partial charge in [0.15, 0.2) is 0 Å². The summed E-state index contributed by atoms with van der Waals surface area (Å²) in [6.07, 6.45) is 0.321. The van der Waals surface area contributed by atoms with E-state index in [-0.39, 0.29) is 21.2 Å². The number of halogens is 3. The van der Waals surface area contributed by atoms with Crippen molar-refractivity contribution in [3.63, 3.8) is 0 Å². The Bertz CT molecular complexity index is 1330. The van der Waals surface area contributed by atoms with Crippen molar-refractivity contribution >= 4 is 43.1 Å². The van der Waals surface area contributed by atoms with E-state index in [1.165, 1.54) is 12.1 Å².